The summed E-state index contributed by atoms with van der Waals surface area (Å²) in [6, 6.07) is 0. The number of nitrogens with two attached hydrogens (primary N) is 1. The third-order valence-corrected chi connectivity index (χ3v) is 4.06. The molecule has 0 atom stereocenters. The molecule has 0 saturated heterocycles. The van der Waals surface area contributed by atoms with E-state index in [1.165, 1.54) is 0 Å². The first-order chi connectivity index (χ1) is 8.06. The van der Waals surface area contributed by atoms with Crippen LogP contribution in [0.4, 0.5) is 4.79 Å². The van der Waals surface area contributed by atoms with Crippen LogP contribution in [0.2, 0.25) is 0 Å². The molecule has 3 N–H and O–H groups in total. The van der Waals surface area contributed by atoms with Crippen LogP contribution in [0, 0.1) is 0 Å². The summed E-state index contributed by atoms with van der Waals surface area (Å²) >= 11 is 0. The van der Waals surface area contributed by atoms with E-state index < -0.39 is 27.9 Å². The lowest BCUT2D eigenvalue weighted by molar-refractivity contribution is 0.120. The SMILES string of the molecule is CCN(C(C)(C)CN)S(=O)(=O)NC(=O)OC(C)C. The van der Waals surface area contributed by atoms with E-state index in [-0.39, 0.29) is 13.1 Å². The molecule has 7 nitrogen and oxygen atoms in total. The third-order valence-electron chi connectivity index (χ3n) is 2.31. The van der Waals surface area contributed by atoms with Crippen molar-refractivity contribution < 1.29 is 17.9 Å². The van der Waals surface area contributed by atoms with Gasteiger partial charge in [-0.25, -0.2) is 9.52 Å². The summed E-state index contributed by atoms with van der Waals surface area (Å²) in [5.74, 6) is 0. The fourth-order valence-electron chi connectivity index (χ4n) is 1.42. The lowest BCUT2D eigenvalue weighted by Crippen LogP contribution is -2.56. The maximum absolute atomic E-state index is 12.0. The largest absolute Gasteiger partial charge is 0.446 e. The Kier molecular flexibility index (Phi) is 6.05. The first-order valence-corrected chi connectivity index (χ1v) is 7.22. The summed E-state index contributed by atoms with van der Waals surface area (Å²) in [4.78, 5) is 11.3. The summed E-state index contributed by atoms with van der Waals surface area (Å²) in [7, 11) is -3.96. The van der Waals surface area contributed by atoms with Crippen LogP contribution in [-0.4, -0.2) is 43.5 Å². The van der Waals surface area contributed by atoms with Crippen LogP contribution in [-0.2, 0) is 14.9 Å². The van der Waals surface area contributed by atoms with Crippen molar-refractivity contribution in [3.05, 3.63) is 0 Å². The Labute approximate surface area is 109 Å². The van der Waals surface area contributed by atoms with E-state index in [1.54, 1.807) is 34.6 Å². The van der Waals surface area contributed by atoms with Gasteiger partial charge in [-0.05, 0) is 27.7 Å². The standard InChI is InChI=1S/C10H23N3O4S/c1-6-13(10(4,5)7-11)18(15,16)12-9(14)17-8(2)3/h8H,6-7,11H2,1-5H3,(H,12,14). The van der Waals surface area contributed by atoms with Crippen molar-refractivity contribution in [1.82, 2.24) is 9.03 Å². The van der Waals surface area contributed by atoms with E-state index in [4.69, 9.17) is 10.5 Å². The Balaban J connectivity index is 4.96. The van der Waals surface area contributed by atoms with Gasteiger partial charge in [0.15, 0.2) is 0 Å². The molecule has 0 bridgehead atoms. The minimum Gasteiger partial charge on any atom is -0.446 e. The van der Waals surface area contributed by atoms with Crippen LogP contribution in [0.5, 0.6) is 0 Å². The lowest BCUT2D eigenvalue weighted by Gasteiger charge is -2.35. The average Bonchev–Trinajstić information content (AvgIpc) is 2.14. The summed E-state index contributed by atoms with van der Waals surface area (Å²) in [5.41, 5.74) is 4.76. The fraction of sp³-hybridized carbons (Fsp3) is 0.900. The zero-order chi connectivity index (χ0) is 14.6. The number of ether oxygens (including phenoxy) is 1. The van der Waals surface area contributed by atoms with Gasteiger partial charge in [0.2, 0.25) is 0 Å². The molecule has 0 fully saturated rings. The van der Waals surface area contributed by atoms with Gasteiger partial charge in [0.1, 0.15) is 0 Å². The number of likely N-dealkylation sites (N-methyl/N-ethyl adjacent to an activating group) is 1. The van der Waals surface area contributed by atoms with Gasteiger partial charge in [-0.15, -0.1) is 0 Å². The van der Waals surface area contributed by atoms with Crippen molar-refractivity contribution in [3.8, 4) is 0 Å². The van der Waals surface area contributed by atoms with Gasteiger partial charge in [-0.1, -0.05) is 6.92 Å². The molecule has 0 unspecified atom stereocenters. The van der Waals surface area contributed by atoms with Crippen molar-refractivity contribution in [2.24, 2.45) is 5.73 Å². The first kappa shape index (κ1) is 17.1. The number of rotatable bonds is 6. The van der Waals surface area contributed by atoms with Gasteiger partial charge in [0.25, 0.3) is 0 Å². The second-order valence-corrected chi connectivity index (χ2v) is 6.34. The highest BCUT2D eigenvalue weighted by Gasteiger charge is 2.35. The number of amides is 1. The molecule has 108 valence electrons. The number of carbonyl (C=O) groups is 1. The van der Waals surface area contributed by atoms with Gasteiger partial charge in [-0.3, -0.25) is 0 Å². The Morgan fingerprint density at radius 1 is 1.44 bits per heavy atom. The molecule has 8 heteroatoms. The summed E-state index contributed by atoms with van der Waals surface area (Å²) in [5, 5.41) is 0. The molecule has 1 amide bonds. The first-order valence-electron chi connectivity index (χ1n) is 5.78. The van der Waals surface area contributed by atoms with Crippen LogP contribution in [0.15, 0.2) is 0 Å². The minimum atomic E-state index is -3.96. The number of hydrogen-bond acceptors (Lipinski definition) is 5. The van der Waals surface area contributed by atoms with Crippen LogP contribution in [0.3, 0.4) is 0 Å². The zero-order valence-electron chi connectivity index (χ0n) is 11.6. The predicted octanol–water partition coefficient (Wildman–Crippen LogP) is 0.425. The van der Waals surface area contributed by atoms with Crippen molar-refractivity contribution in [2.75, 3.05) is 13.1 Å². The quantitative estimate of drug-likeness (QED) is 0.735. The van der Waals surface area contributed by atoms with E-state index in [1.807, 2.05) is 4.72 Å². The number of carbonyl (C=O) groups excluding carboxylic acids is 1. The van der Waals surface area contributed by atoms with Gasteiger partial charge in [0, 0.05) is 18.6 Å². The second kappa shape index (κ2) is 6.35. The van der Waals surface area contributed by atoms with Gasteiger partial charge >= 0.3 is 16.3 Å². The Bertz CT molecular complexity index is 379. The van der Waals surface area contributed by atoms with Gasteiger partial charge < -0.3 is 10.5 Å². The van der Waals surface area contributed by atoms with E-state index in [9.17, 15) is 13.2 Å². The Morgan fingerprint density at radius 3 is 2.28 bits per heavy atom. The Hall–Kier alpha value is -0.860. The highest BCUT2D eigenvalue weighted by Crippen LogP contribution is 2.16. The molecule has 0 aromatic rings. The Morgan fingerprint density at radius 2 is 1.94 bits per heavy atom. The van der Waals surface area contributed by atoms with E-state index in [0.29, 0.717) is 0 Å². The molecule has 0 rings (SSSR count). The molecule has 0 radical (unpaired) electrons. The van der Waals surface area contributed by atoms with Crippen LogP contribution in [0.25, 0.3) is 0 Å². The molecule has 0 aliphatic carbocycles. The third kappa shape index (κ3) is 4.79. The summed E-state index contributed by atoms with van der Waals surface area (Å²) in [6.07, 6.45) is -1.38. The number of nitrogens with zero attached hydrogens (tertiary/aromatic N) is 1. The summed E-state index contributed by atoms with van der Waals surface area (Å²) < 4.78 is 31.8. The highest BCUT2D eigenvalue weighted by molar-refractivity contribution is 7.87. The molecule has 0 saturated carbocycles. The van der Waals surface area contributed by atoms with Crippen LogP contribution < -0.4 is 10.5 Å². The van der Waals surface area contributed by atoms with Crippen molar-refractivity contribution in [2.45, 2.75) is 46.3 Å². The van der Waals surface area contributed by atoms with E-state index in [2.05, 4.69) is 0 Å². The van der Waals surface area contributed by atoms with Crippen LogP contribution >= 0.6 is 0 Å². The molecule has 0 spiro atoms. The summed E-state index contributed by atoms with van der Waals surface area (Å²) in [6.45, 7) is 8.65. The fourth-order valence-corrected chi connectivity index (χ4v) is 2.86. The smallest absolute Gasteiger partial charge is 0.422 e. The topological polar surface area (TPSA) is 102 Å². The van der Waals surface area contributed by atoms with E-state index in [0.717, 1.165) is 4.31 Å². The van der Waals surface area contributed by atoms with Crippen molar-refractivity contribution in [3.63, 3.8) is 0 Å². The molecule has 0 aliphatic rings. The maximum atomic E-state index is 12.0. The molecule has 0 aromatic carbocycles. The number of hydrogen-bond donors (Lipinski definition) is 2. The van der Waals surface area contributed by atoms with E-state index >= 15 is 0 Å². The zero-order valence-corrected chi connectivity index (χ0v) is 12.4. The normalized spacial score (nSPS) is 12.9. The monoisotopic (exact) mass is 281 g/mol. The second-order valence-electron chi connectivity index (χ2n) is 4.74. The predicted molar refractivity (Wildman–Crippen MR) is 69.2 cm³/mol. The van der Waals surface area contributed by atoms with Crippen LogP contribution in [0.1, 0.15) is 34.6 Å². The molecular formula is C10H23N3O4S. The molecular weight excluding hydrogens is 258 g/mol. The van der Waals surface area contributed by atoms with Crippen molar-refractivity contribution >= 4 is 16.3 Å². The lowest BCUT2D eigenvalue weighted by atomic mass is 10.1. The van der Waals surface area contributed by atoms with Crippen molar-refractivity contribution in [1.29, 1.82) is 0 Å². The number of nitrogens with one attached hydrogen (secondary N) is 1. The average molecular weight is 281 g/mol. The molecule has 0 heterocycles. The highest BCUT2D eigenvalue weighted by atomic mass is 32.2. The van der Waals surface area contributed by atoms with Gasteiger partial charge in [0.05, 0.1) is 6.10 Å². The molecule has 0 aliphatic heterocycles. The minimum absolute atomic E-state index is 0.140. The molecule has 0 aromatic heterocycles. The van der Waals surface area contributed by atoms with Gasteiger partial charge in [-0.2, -0.15) is 12.7 Å². The molecule has 18 heavy (non-hydrogen) atoms. The maximum Gasteiger partial charge on any atom is 0.422 e.